The molecular weight excluding hydrogens is 356 g/mol. The Balaban J connectivity index is 1.69. The van der Waals surface area contributed by atoms with Crippen molar-refractivity contribution in [2.75, 3.05) is 41.8 Å². The van der Waals surface area contributed by atoms with Crippen LogP contribution in [0.3, 0.4) is 0 Å². The van der Waals surface area contributed by atoms with E-state index < -0.39 is 0 Å². The average molecular weight is 380 g/mol. The molecule has 0 aliphatic carbocycles. The first-order chi connectivity index (χ1) is 13.8. The van der Waals surface area contributed by atoms with E-state index in [1.54, 1.807) is 12.3 Å². The number of para-hydroxylation sites is 1. The largest absolute Gasteiger partial charge is 0.492 e. The van der Waals surface area contributed by atoms with Gasteiger partial charge in [0.25, 0.3) is 0 Å². The molecule has 9 heteroatoms. The molecule has 2 aromatic heterocycles. The van der Waals surface area contributed by atoms with E-state index in [-0.39, 0.29) is 0 Å². The number of nitrogens with zero attached hydrogens (tertiary/aromatic N) is 6. The van der Waals surface area contributed by atoms with Gasteiger partial charge in [0.1, 0.15) is 24.5 Å². The highest BCUT2D eigenvalue weighted by atomic mass is 16.5. The molecule has 1 aromatic carbocycles. The normalized spacial score (nSPS) is 10.4. The summed E-state index contributed by atoms with van der Waals surface area (Å²) in [6.07, 6.45) is 3.12. The van der Waals surface area contributed by atoms with Gasteiger partial charge in [-0.2, -0.15) is 15.0 Å². The smallest absolute Gasteiger partial charge is 0.235 e. The minimum Gasteiger partial charge on any atom is -0.492 e. The summed E-state index contributed by atoms with van der Waals surface area (Å²) in [5, 5.41) is 6.29. The van der Waals surface area contributed by atoms with Crippen molar-refractivity contribution in [3.8, 4) is 5.75 Å². The molecule has 28 heavy (non-hydrogen) atoms. The van der Waals surface area contributed by atoms with E-state index >= 15 is 0 Å². The summed E-state index contributed by atoms with van der Waals surface area (Å²) >= 11 is 0. The van der Waals surface area contributed by atoms with Gasteiger partial charge in [0.2, 0.25) is 17.8 Å². The van der Waals surface area contributed by atoms with Crippen molar-refractivity contribution in [1.82, 2.24) is 24.9 Å². The van der Waals surface area contributed by atoms with Crippen molar-refractivity contribution in [2.24, 2.45) is 0 Å². The maximum absolute atomic E-state index is 5.70. The van der Waals surface area contributed by atoms with Gasteiger partial charge >= 0.3 is 0 Å². The molecule has 0 fully saturated rings. The van der Waals surface area contributed by atoms with Crippen LogP contribution in [0.5, 0.6) is 5.75 Å². The third kappa shape index (κ3) is 5.50. The Labute approximate surface area is 164 Å². The van der Waals surface area contributed by atoms with E-state index in [2.05, 4.69) is 54.3 Å². The fourth-order valence-electron chi connectivity index (χ4n) is 2.48. The molecule has 0 atom stereocenters. The maximum atomic E-state index is 5.70. The number of aromatic nitrogens is 5. The Bertz CT molecular complexity index is 843. The summed E-state index contributed by atoms with van der Waals surface area (Å²) in [6.45, 7) is 6.76. The van der Waals surface area contributed by atoms with Crippen LogP contribution in [0.25, 0.3) is 0 Å². The van der Waals surface area contributed by atoms with Crippen LogP contribution in [-0.4, -0.2) is 51.2 Å². The summed E-state index contributed by atoms with van der Waals surface area (Å²) in [5.74, 6) is 2.94. The lowest BCUT2D eigenvalue weighted by Crippen LogP contribution is -2.25. The molecule has 0 radical (unpaired) electrons. The summed E-state index contributed by atoms with van der Waals surface area (Å²) in [6, 6.07) is 11.4. The molecule has 0 bridgehead atoms. The Kier molecular flexibility index (Phi) is 6.89. The zero-order chi connectivity index (χ0) is 19.6. The van der Waals surface area contributed by atoms with E-state index in [9.17, 15) is 0 Å². The molecule has 3 aromatic rings. The summed E-state index contributed by atoms with van der Waals surface area (Å²) in [4.78, 5) is 23.6. The summed E-state index contributed by atoms with van der Waals surface area (Å²) in [5.41, 5.74) is 0. The van der Waals surface area contributed by atoms with Crippen LogP contribution in [0.15, 0.2) is 48.9 Å². The molecule has 0 saturated carbocycles. The fourth-order valence-corrected chi connectivity index (χ4v) is 2.48. The molecule has 146 valence electrons. The first kappa shape index (κ1) is 19.3. The van der Waals surface area contributed by atoms with Gasteiger partial charge in [0.05, 0.1) is 6.54 Å². The first-order valence-corrected chi connectivity index (χ1v) is 9.24. The molecule has 3 rings (SSSR count). The summed E-state index contributed by atoms with van der Waals surface area (Å²) in [7, 11) is 0. The predicted molar refractivity (Wildman–Crippen MR) is 109 cm³/mol. The molecule has 0 aliphatic rings. The topological polar surface area (TPSA) is 101 Å². The van der Waals surface area contributed by atoms with Gasteiger partial charge in [-0.05, 0) is 32.0 Å². The third-order valence-corrected chi connectivity index (χ3v) is 3.89. The van der Waals surface area contributed by atoms with Crippen LogP contribution in [0.2, 0.25) is 0 Å². The number of benzene rings is 1. The molecule has 0 spiro atoms. The highest BCUT2D eigenvalue weighted by Crippen LogP contribution is 2.16. The lowest BCUT2D eigenvalue weighted by molar-refractivity contribution is 0.332. The minimum atomic E-state index is 0.419. The number of anilines is 4. The highest BCUT2D eigenvalue weighted by Gasteiger charge is 2.11. The number of hydrogen-bond acceptors (Lipinski definition) is 9. The van der Waals surface area contributed by atoms with Crippen molar-refractivity contribution >= 4 is 23.7 Å². The molecule has 0 amide bonds. The molecule has 2 N–H and O–H groups in total. The number of nitrogens with one attached hydrogen (secondary N) is 2. The lowest BCUT2D eigenvalue weighted by Gasteiger charge is -2.19. The number of rotatable bonds is 10. The molecule has 2 heterocycles. The highest BCUT2D eigenvalue weighted by molar-refractivity contribution is 5.51. The van der Waals surface area contributed by atoms with Gasteiger partial charge < -0.3 is 20.3 Å². The van der Waals surface area contributed by atoms with Gasteiger partial charge in [0.15, 0.2) is 0 Å². The maximum Gasteiger partial charge on any atom is 0.235 e. The molecule has 9 nitrogen and oxygen atoms in total. The zero-order valence-electron chi connectivity index (χ0n) is 16.0. The van der Waals surface area contributed by atoms with Crippen molar-refractivity contribution in [3.63, 3.8) is 0 Å². The second-order valence-electron chi connectivity index (χ2n) is 5.76. The van der Waals surface area contributed by atoms with Crippen LogP contribution in [0.4, 0.5) is 23.7 Å². The second kappa shape index (κ2) is 10.0. The van der Waals surface area contributed by atoms with Crippen molar-refractivity contribution in [3.05, 3.63) is 48.9 Å². The van der Waals surface area contributed by atoms with Crippen LogP contribution >= 0.6 is 0 Å². The van der Waals surface area contributed by atoms with Crippen molar-refractivity contribution in [1.29, 1.82) is 0 Å². The zero-order valence-corrected chi connectivity index (χ0v) is 16.0. The Morgan fingerprint density at radius 3 is 2.46 bits per heavy atom. The monoisotopic (exact) mass is 380 g/mol. The van der Waals surface area contributed by atoms with Gasteiger partial charge in [-0.25, -0.2) is 9.97 Å². The number of hydrogen-bond donors (Lipinski definition) is 2. The van der Waals surface area contributed by atoms with Crippen molar-refractivity contribution in [2.45, 2.75) is 13.8 Å². The summed E-state index contributed by atoms with van der Waals surface area (Å²) < 4.78 is 5.70. The quantitative estimate of drug-likeness (QED) is 0.514. The van der Waals surface area contributed by atoms with E-state index in [0.717, 1.165) is 18.8 Å². The second-order valence-corrected chi connectivity index (χ2v) is 5.76. The van der Waals surface area contributed by atoms with Crippen LogP contribution < -0.4 is 20.3 Å². The fraction of sp³-hybridized carbons (Fsp3) is 0.316. The molecule has 0 aliphatic heterocycles. The van der Waals surface area contributed by atoms with Gasteiger partial charge in [-0.15, -0.1) is 0 Å². The standard InChI is InChI=1S/C19H24N8O/c1-3-27(4-2)19-25-17(21-12-13-28-15-8-6-5-7-9-15)24-18(26-19)23-16-10-11-20-14-22-16/h5-11,14H,3-4,12-13H2,1-2H3,(H2,20,21,22,23,24,25,26). The van der Waals surface area contributed by atoms with Gasteiger partial charge in [0, 0.05) is 19.3 Å². The van der Waals surface area contributed by atoms with Crippen LogP contribution in [-0.2, 0) is 0 Å². The lowest BCUT2D eigenvalue weighted by atomic mass is 10.3. The van der Waals surface area contributed by atoms with Gasteiger partial charge in [-0.1, -0.05) is 18.2 Å². The average Bonchev–Trinajstić information content (AvgIpc) is 2.74. The van der Waals surface area contributed by atoms with Crippen molar-refractivity contribution < 1.29 is 4.74 Å². The predicted octanol–water partition coefficient (Wildman–Crippen LogP) is 2.74. The minimum absolute atomic E-state index is 0.419. The van der Waals surface area contributed by atoms with E-state index in [4.69, 9.17) is 4.74 Å². The Hall–Kier alpha value is -3.49. The van der Waals surface area contributed by atoms with E-state index in [1.807, 2.05) is 30.3 Å². The number of ether oxygens (including phenoxy) is 1. The van der Waals surface area contributed by atoms with Gasteiger partial charge in [-0.3, -0.25) is 0 Å². The molecule has 0 saturated heterocycles. The van der Waals surface area contributed by atoms with E-state index in [1.165, 1.54) is 6.33 Å². The SMILES string of the molecule is CCN(CC)c1nc(NCCOc2ccccc2)nc(Nc2ccncn2)n1. The molecular formula is C19H24N8O. The Morgan fingerprint density at radius 2 is 1.75 bits per heavy atom. The first-order valence-electron chi connectivity index (χ1n) is 9.24. The van der Waals surface area contributed by atoms with Crippen LogP contribution in [0.1, 0.15) is 13.8 Å². The third-order valence-electron chi connectivity index (χ3n) is 3.89. The van der Waals surface area contributed by atoms with Crippen LogP contribution in [0, 0.1) is 0 Å². The van der Waals surface area contributed by atoms with E-state index in [0.29, 0.717) is 36.8 Å². The molecule has 0 unspecified atom stereocenters. The Morgan fingerprint density at radius 1 is 0.964 bits per heavy atom.